The van der Waals surface area contributed by atoms with Crippen LogP contribution in [0.15, 0.2) is 0 Å². The van der Waals surface area contributed by atoms with Gasteiger partial charge in [-0.3, -0.25) is 4.90 Å². The molecule has 3 nitrogen and oxygen atoms in total. The van der Waals surface area contributed by atoms with Crippen LogP contribution in [0.4, 0.5) is 0 Å². The Morgan fingerprint density at radius 3 is 2.47 bits per heavy atom. The normalized spacial score (nSPS) is 49.2. The topological polar surface area (TPSA) is 38.5 Å². The molecule has 0 aromatic rings. The molecule has 2 rings (SSSR count). The number of hydrogen-bond donors (Lipinski definition) is 1. The molecule has 2 fully saturated rings. The summed E-state index contributed by atoms with van der Waals surface area (Å²) < 4.78 is 5.72. The maximum absolute atomic E-state index is 6.42. The van der Waals surface area contributed by atoms with Gasteiger partial charge in [0, 0.05) is 24.7 Å². The molecule has 6 unspecified atom stereocenters. The molecule has 1 saturated carbocycles. The van der Waals surface area contributed by atoms with Gasteiger partial charge in [-0.15, -0.1) is 0 Å². The molecule has 0 amide bonds. The Balaban J connectivity index is 2.08. The molecule has 100 valence electrons. The zero-order chi connectivity index (χ0) is 12.6. The summed E-state index contributed by atoms with van der Waals surface area (Å²) in [5.41, 5.74) is 6.42. The Kier molecular flexibility index (Phi) is 4.11. The number of nitrogens with two attached hydrogens (primary N) is 1. The van der Waals surface area contributed by atoms with Crippen LogP contribution in [-0.2, 0) is 4.74 Å². The van der Waals surface area contributed by atoms with Crippen molar-refractivity contribution in [3.8, 4) is 0 Å². The summed E-state index contributed by atoms with van der Waals surface area (Å²) in [6.07, 6.45) is 2.84. The van der Waals surface area contributed by atoms with E-state index in [0.717, 1.165) is 19.1 Å². The highest BCUT2D eigenvalue weighted by molar-refractivity contribution is 4.95. The summed E-state index contributed by atoms with van der Waals surface area (Å²) in [5, 5.41) is 0. The van der Waals surface area contributed by atoms with Crippen LogP contribution in [0, 0.1) is 11.8 Å². The third kappa shape index (κ3) is 2.83. The summed E-state index contributed by atoms with van der Waals surface area (Å²) in [4.78, 5) is 2.61. The van der Waals surface area contributed by atoms with Crippen molar-refractivity contribution in [2.75, 3.05) is 13.2 Å². The van der Waals surface area contributed by atoms with Crippen LogP contribution in [0.3, 0.4) is 0 Å². The van der Waals surface area contributed by atoms with Gasteiger partial charge in [0.05, 0.1) is 12.7 Å². The molecular weight excluding hydrogens is 212 g/mol. The van der Waals surface area contributed by atoms with Crippen LogP contribution < -0.4 is 5.73 Å². The van der Waals surface area contributed by atoms with Gasteiger partial charge in [0.1, 0.15) is 0 Å². The van der Waals surface area contributed by atoms with Gasteiger partial charge in [0.2, 0.25) is 0 Å². The Hall–Kier alpha value is -0.120. The zero-order valence-corrected chi connectivity index (χ0v) is 11.7. The minimum atomic E-state index is 0.335. The molecule has 2 N–H and O–H groups in total. The molecule has 0 radical (unpaired) electrons. The molecule has 2 aliphatic rings. The number of nitrogens with zero attached hydrogens (tertiary/aromatic N) is 1. The second-order valence-electron chi connectivity index (χ2n) is 6.40. The molecular formula is C14H28N2O. The summed E-state index contributed by atoms with van der Waals surface area (Å²) in [7, 11) is 0. The molecule has 3 heteroatoms. The van der Waals surface area contributed by atoms with Crippen LogP contribution in [0.1, 0.15) is 40.5 Å². The SMILES string of the molecule is CC1CC(C)C(N2CC(C)OCC2C)C(N)C1. The number of ether oxygens (including phenoxy) is 1. The van der Waals surface area contributed by atoms with Gasteiger partial charge in [-0.25, -0.2) is 0 Å². The van der Waals surface area contributed by atoms with E-state index in [9.17, 15) is 0 Å². The monoisotopic (exact) mass is 240 g/mol. The molecule has 6 atom stereocenters. The van der Waals surface area contributed by atoms with Crippen molar-refractivity contribution in [3.63, 3.8) is 0 Å². The standard InChI is InChI=1S/C14H28N2O/c1-9-5-10(2)14(13(15)6-9)16-7-12(4)17-8-11(16)3/h9-14H,5-8,15H2,1-4H3. The van der Waals surface area contributed by atoms with Crippen LogP contribution in [-0.4, -0.2) is 42.3 Å². The van der Waals surface area contributed by atoms with Gasteiger partial charge >= 0.3 is 0 Å². The van der Waals surface area contributed by atoms with Crippen molar-refractivity contribution in [1.82, 2.24) is 4.90 Å². The van der Waals surface area contributed by atoms with E-state index < -0.39 is 0 Å². The van der Waals surface area contributed by atoms with Crippen molar-refractivity contribution in [1.29, 1.82) is 0 Å². The first-order valence-electron chi connectivity index (χ1n) is 7.12. The van der Waals surface area contributed by atoms with Crippen LogP contribution >= 0.6 is 0 Å². The van der Waals surface area contributed by atoms with E-state index in [1.807, 2.05) is 0 Å². The second kappa shape index (κ2) is 5.25. The molecule has 1 saturated heterocycles. The Morgan fingerprint density at radius 2 is 1.82 bits per heavy atom. The molecule has 17 heavy (non-hydrogen) atoms. The Labute approximate surface area is 106 Å². The molecule has 1 aliphatic carbocycles. The lowest BCUT2D eigenvalue weighted by Gasteiger charge is -2.49. The predicted molar refractivity (Wildman–Crippen MR) is 70.9 cm³/mol. The van der Waals surface area contributed by atoms with Crippen molar-refractivity contribution < 1.29 is 4.74 Å². The highest BCUT2D eigenvalue weighted by atomic mass is 16.5. The van der Waals surface area contributed by atoms with Crippen molar-refractivity contribution >= 4 is 0 Å². The average molecular weight is 240 g/mol. The van der Waals surface area contributed by atoms with Crippen LogP contribution in [0.2, 0.25) is 0 Å². The van der Waals surface area contributed by atoms with Gasteiger partial charge in [-0.1, -0.05) is 13.8 Å². The van der Waals surface area contributed by atoms with Crippen molar-refractivity contribution in [2.24, 2.45) is 17.6 Å². The van der Waals surface area contributed by atoms with Crippen LogP contribution in [0.25, 0.3) is 0 Å². The highest BCUT2D eigenvalue weighted by Gasteiger charge is 2.39. The van der Waals surface area contributed by atoms with E-state index in [4.69, 9.17) is 10.5 Å². The minimum Gasteiger partial charge on any atom is -0.376 e. The first-order valence-corrected chi connectivity index (χ1v) is 7.12. The maximum Gasteiger partial charge on any atom is 0.0674 e. The number of hydrogen-bond acceptors (Lipinski definition) is 3. The van der Waals surface area contributed by atoms with Gasteiger partial charge in [0.15, 0.2) is 0 Å². The zero-order valence-electron chi connectivity index (χ0n) is 11.7. The largest absolute Gasteiger partial charge is 0.376 e. The fraction of sp³-hybridized carbons (Fsp3) is 1.00. The first-order chi connectivity index (χ1) is 7.99. The van der Waals surface area contributed by atoms with E-state index in [1.165, 1.54) is 12.8 Å². The van der Waals surface area contributed by atoms with Crippen molar-refractivity contribution in [3.05, 3.63) is 0 Å². The second-order valence-corrected chi connectivity index (χ2v) is 6.40. The van der Waals surface area contributed by atoms with E-state index in [1.54, 1.807) is 0 Å². The van der Waals surface area contributed by atoms with E-state index in [-0.39, 0.29) is 0 Å². The molecule has 1 heterocycles. The first kappa shape index (κ1) is 13.3. The summed E-state index contributed by atoms with van der Waals surface area (Å²) >= 11 is 0. The average Bonchev–Trinajstić information content (AvgIpc) is 2.21. The molecule has 0 aromatic carbocycles. The number of morpholine rings is 1. The molecule has 1 aliphatic heterocycles. The predicted octanol–water partition coefficient (Wildman–Crippen LogP) is 1.86. The van der Waals surface area contributed by atoms with E-state index in [2.05, 4.69) is 32.6 Å². The fourth-order valence-electron chi connectivity index (χ4n) is 3.81. The molecule has 0 spiro atoms. The minimum absolute atomic E-state index is 0.335. The lowest BCUT2D eigenvalue weighted by Crippen LogP contribution is -2.61. The quantitative estimate of drug-likeness (QED) is 0.760. The van der Waals surface area contributed by atoms with Crippen molar-refractivity contribution in [2.45, 2.75) is 64.8 Å². The fourth-order valence-corrected chi connectivity index (χ4v) is 3.81. The summed E-state index contributed by atoms with van der Waals surface area (Å²) in [5.74, 6) is 1.49. The van der Waals surface area contributed by atoms with Gasteiger partial charge in [-0.2, -0.15) is 0 Å². The Bertz CT molecular complexity index is 247. The highest BCUT2D eigenvalue weighted by Crippen LogP contribution is 2.33. The van der Waals surface area contributed by atoms with Crippen LogP contribution in [0.5, 0.6) is 0 Å². The lowest BCUT2D eigenvalue weighted by atomic mass is 9.75. The van der Waals surface area contributed by atoms with Gasteiger partial charge in [0.25, 0.3) is 0 Å². The van der Waals surface area contributed by atoms with Gasteiger partial charge < -0.3 is 10.5 Å². The maximum atomic E-state index is 6.42. The molecule has 0 bridgehead atoms. The Morgan fingerprint density at radius 1 is 1.12 bits per heavy atom. The van der Waals surface area contributed by atoms with E-state index in [0.29, 0.717) is 30.1 Å². The number of rotatable bonds is 1. The summed E-state index contributed by atoms with van der Waals surface area (Å²) in [6.45, 7) is 11.0. The smallest absolute Gasteiger partial charge is 0.0674 e. The van der Waals surface area contributed by atoms with Gasteiger partial charge in [-0.05, 0) is 38.5 Å². The molecule has 0 aromatic heterocycles. The van der Waals surface area contributed by atoms with E-state index >= 15 is 0 Å². The summed E-state index contributed by atoms with van der Waals surface area (Å²) in [6, 6.07) is 1.40. The third-order valence-electron chi connectivity index (χ3n) is 4.51. The third-order valence-corrected chi connectivity index (χ3v) is 4.51. The lowest BCUT2D eigenvalue weighted by molar-refractivity contribution is -0.0857.